The zero-order valence-corrected chi connectivity index (χ0v) is 14.0. The van der Waals surface area contributed by atoms with Gasteiger partial charge in [0.2, 0.25) is 6.10 Å². The average Bonchev–Trinajstić information content (AvgIpc) is 2.64. The van der Waals surface area contributed by atoms with Crippen LogP contribution in [0, 0.1) is 30.3 Å². The molecule has 0 unspecified atom stereocenters. The Bertz CT molecular complexity index is 951. The van der Waals surface area contributed by atoms with Gasteiger partial charge in [-0.05, 0) is 29.8 Å². The lowest BCUT2D eigenvalue weighted by molar-refractivity contribution is -0.570. The second-order valence-corrected chi connectivity index (χ2v) is 6.32. The fourth-order valence-electron chi connectivity index (χ4n) is 2.81. The highest BCUT2D eigenvalue weighted by Gasteiger charge is 2.61. The van der Waals surface area contributed by atoms with Gasteiger partial charge >= 0.3 is 5.00 Å². The molecule has 1 heterocycles. The number of aliphatic hydroxyl groups is 1. The Kier molecular flexibility index (Phi) is 4.41. The molecule has 1 aliphatic heterocycles. The lowest BCUT2D eigenvalue weighted by Gasteiger charge is -2.37. The number of ether oxygens (including phenoxy) is 1. The van der Waals surface area contributed by atoms with E-state index in [1.54, 1.807) is 0 Å². The van der Waals surface area contributed by atoms with Crippen molar-refractivity contribution in [3.8, 4) is 5.75 Å². The summed E-state index contributed by atoms with van der Waals surface area (Å²) < 4.78 is 5.57. The molecular weight excluding hydrogens is 386 g/mol. The Morgan fingerprint density at radius 3 is 2.04 bits per heavy atom. The van der Waals surface area contributed by atoms with Gasteiger partial charge in [0, 0.05) is 35.4 Å². The van der Waals surface area contributed by atoms with Gasteiger partial charge in [-0.25, -0.2) is 0 Å². The lowest BCUT2D eigenvalue weighted by atomic mass is 9.89. The molecule has 0 aliphatic carbocycles. The topological polar surface area (TPSA) is 159 Å². The van der Waals surface area contributed by atoms with Crippen molar-refractivity contribution in [1.29, 1.82) is 0 Å². The summed E-state index contributed by atoms with van der Waals surface area (Å²) in [5, 5.41) is 43.9. The minimum Gasteiger partial charge on any atom is -0.476 e. The lowest BCUT2D eigenvalue weighted by Crippen LogP contribution is -2.49. The number of nitro groups is 3. The summed E-state index contributed by atoms with van der Waals surface area (Å²) in [7, 11) is 0. The highest BCUT2D eigenvalue weighted by atomic mass is 35.5. The summed E-state index contributed by atoms with van der Waals surface area (Å²) >= 11 is 6.15. The Morgan fingerprint density at radius 1 is 0.963 bits per heavy atom. The zero-order valence-electron chi connectivity index (χ0n) is 13.2. The highest BCUT2D eigenvalue weighted by molar-refractivity contribution is 6.23. The number of aliphatic hydroxyl groups excluding tert-OH is 1. The normalized spacial score (nSPS) is 23.8. The number of hydrogen-bond donors (Lipinski definition) is 1. The van der Waals surface area contributed by atoms with Crippen molar-refractivity contribution in [1.82, 2.24) is 0 Å². The molecule has 0 spiro atoms. The molecule has 3 rings (SSSR count). The fraction of sp³-hybridized carbons (Fsp3) is 0.200. The maximum absolute atomic E-state index is 11.7. The van der Waals surface area contributed by atoms with Crippen molar-refractivity contribution in [2.75, 3.05) is 0 Å². The standard InChI is InChI=1S/C15H10ClN3O8/c16-15(19(25)26)13(20)11-7-10(18(23)24)5-6-12(11)27-14(15)8-1-3-9(4-2-8)17(21)22/h1-7,13-14,20H/t13-,14-,15+/m1/s1. The molecule has 1 N–H and O–H groups in total. The molecule has 27 heavy (non-hydrogen) atoms. The van der Waals surface area contributed by atoms with E-state index in [0.29, 0.717) is 0 Å². The van der Waals surface area contributed by atoms with Gasteiger partial charge in [0.25, 0.3) is 11.4 Å². The SMILES string of the molecule is O=[N+]([O-])c1ccc([C@H]2Oc3ccc([N+](=O)[O-])cc3[C@@H](O)[C@]2(Cl)[N+](=O)[O-])cc1. The van der Waals surface area contributed by atoms with Crippen LogP contribution in [0.1, 0.15) is 23.3 Å². The molecule has 0 saturated carbocycles. The molecule has 0 fully saturated rings. The predicted octanol–water partition coefficient (Wildman–Crippen LogP) is 2.88. The van der Waals surface area contributed by atoms with Crippen LogP contribution in [0.5, 0.6) is 5.75 Å². The maximum Gasteiger partial charge on any atom is 0.364 e. The Balaban J connectivity index is 2.12. The number of fused-ring (bicyclic) bond motifs is 1. The van der Waals surface area contributed by atoms with Crippen LogP contribution >= 0.6 is 11.6 Å². The van der Waals surface area contributed by atoms with E-state index in [2.05, 4.69) is 0 Å². The van der Waals surface area contributed by atoms with E-state index in [-0.39, 0.29) is 22.6 Å². The molecule has 140 valence electrons. The molecular formula is C15H10ClN3O8. The highest BCUT2D eigenvalue weighted by Crippen LogP contribution is 2.52. The average molecular weight is 396 g/mol. The first-order valence-corrected chi connectivity index (χ1v) is 7.75. The van der Waals surface area contributed by atoms with E-state index in [1.807, 2.05) is 0 Å². The summed E-state index contributed by atoms with van der Waals surface area (Å²) in [6, 6.07) is 7.96. The maximum atomic E-state index is 11.7. The third-order valence-electron chi connectivity index (χ3n) is 4.18. The van der Waals surface area contributed by atoms with Crippen LogP contribution in [-0.2, 0) is 0 Å². The smallest absolute Gasteiger partial charge is 0.364 e. The van der Waals surface area contributed by atoms with Gasteiger partial charge in [-0.15, -0.1) is 0 Å². The quantitative estimate of drug-likeness (QED) is 0.358. The van der Waals surface area contributed by atoms with E-state index in [9.17, 15) is 35.4 Å². The van der Waals surface area contributed by atoms with Gasteiger partial charge in [-0.3, -0.25) is 30.3 Å². The van der Waals surface area contributed by atoms with Crippen LogP contribution in [0.2, 0.25) is 0 Å². The number of benzene rings is 2. The molecule has 2 aromatic carbocycles. The molecule has 0 amide bonds. The summed E-state index contributed by atoms with van der Waals surface area (Å²) in [4.78, 5) is 28.4. The number of nitro benzene ring substituents is 2. The molecule has 11 nitrogen and oxygen atoms in total. The summed E-state index contributed by atoms with van der Waals surface area (Å²) in [6.07, 6.45) is -3.43. The van der Waals surface area contributed by atoms with Crippen LogP contribution in [0.15, 0.2) is 42.5 Å². The molecule has 3 atom stereocenters. The predicted molar refractivity (Wildman–Crippen MR) is 90.1 cm³/mol. The number of halogens is 1. The minimum atomic E-state index is -2.60. The molecule has 0 aromatic heterocycles. The number of non-ortho nitro benzene ring substituents is 2. The molecule has 0 saturated heterocycles. The van der Waals surface area contributed by atoms with Gasteiger partial charge in [-0.1, -0.05) is 0 Å². The summed E-state index contributed by atoms with van der Waals surface area (Å²) in [5.41, 5.74) is -0.718. The van der Waals surface area contributed by atoms with E-state index in [4.69, 9.17) is 16.3 Å². The van der Waals surface area contributed by atoms with Crippen LogP contribution in [-0.4, -0.2) is 24.9 Å². The van der Waals surface area contributed by atoms with E-state index >= 15 is 0 Å². The number of hydrogen-bond acceptors (Lipinski definition) is 8. The third-order valence-corrected chi connectivity index (χ3v) is 4.72. The van der Waals surface area contributed by atoms with Gasteiger partial charge in [0.05, 0.1) is 14.8 Å². The van der Waals surface area contributed by atoms with Crippen molar-refractivity contribution < 1.29 is 24.6 Å². The van der Waals surface area contributed by atoms with E-state index in [0.717, 1.165) is 24.3 Å². The first-order chi connectivity index (χ1) is 12.7. The van der Waals surface area contributed by atoms with Crippen LogP contribution in [0.4, 0.5) is 11.4 Å². The minimum absolute atomic E-state index is 0.0189. The van der Waals surface area contributed by atoms with Gasteiger partial charge < -0.3 is 9.84 Å². The van der Waals surface area contributed by atoms with Gasteiger partial charge in [0.1, 0.15) is 5.75 Å². The van der Waals surface area contributed by atoms with Crippen molar-refractivity contribution in [2.45, 2.75) is 17.2 Å². The van der Waals surface area contributed by atoms with E-state index < -0.39 is 37.7 Å². The summed E-state index contributed by atoms with van der Waals surface area (Å²) in [6.45, 7) is 0. The van der Waals surface area contributed by atoms with Crippen molar-refractivity contribution in [3.63, 3.8) is 0 Å². The van der Waals surface area contributed by atoms with Crippen molar-refractivity contribution in [3.05, 3.63) is 83.9 Å². The third kappa shape index (κ3) is 2.92. The van der Waals surface area contributed by atoms with Crippen LogP contribution < -0.4 is 4.74 Å². The number of nitrogens with zero attached hydrogens (tertiary/aromatic N) is 3. The molecule has 2 aromatic rings. The van der Waals surface area contributed by atoms with Crippen molar-refractivity contribution >= 4 is 23.0 Å². The first kappa shape index (κ1) is 18.5. The first-order valence-electron chi connectivity index (χ1n) is 7.37. The molecule has 0 bridgehead atoms. The van der Waals surface area contributed by atoms with Crippen LogP contribution in [0.25, 0.3) is 0 Å². The van der Waals surface area contributed by atoms with Crippen molar-refractivity contribution in [2.24, 2.45) is 0 Å². The fourth-order valence-corrected chi connectivity index (χ4v) is 3.10. The molecule has 12 heteroatoms. The van der Waals surface area contributed by atoms with Crippen LogP contribution in [0.3, 0.4) is 0 Å². The van der Waals surface area contributed by atoms with Gasteiger partial charge in [-0.2, -0.15) is 0 Å². The second-order valence-electron chi connectivity index (χ2n) is 5.71. The van der Waals surface area contributed by atoms with Gasteiger partial charge in [0.15, 0.2) is 6.10 Å². The molecule has 0 radical (unpaired) electrons. The summed E-state index contributed by atoms with van der Waals surface area (Å²) in [5.74, 6) is -0.0189. The zero-order chi connectivity index (χ0) is 19.9. The Labute approximate surface area is 155 Å². The Hall–Kier alpha value is -3.31. The monoisotopic (exact) mass is 395 g/mol. The molecule has 1 aliphatic rings. The largest absolute Gasteiger partial charge is 0.476 e. The Morgan fingerprint density at radius 2 is 1.52 bits per heavy atom. The number of rotatable bonds is 4. The second kappa shape index (κ2) is 6.45. The number of alkyl halides is 1. The van der Waals surface area contributed by atoms with E-state index in [1.165, 1.54) is 18.2 Å².